The minimum absolute atomic E-state index is 0.133. The van der Waals surface area contributed by atoms with E-state index < -0.39 is 10.0 Å². The van der Waals surface area contributed by atoms with Gasteiger partial charge < -0.3 is 15.1 Å². The standard InChI is InChI=1S/C18H21N3O4S/c1-26(23,24)21-13-5-3-2-4-12(13)16-8-9-17(25-16)18(22)20-15-10-11-6-7-14(15)19-11/h2-5,8-9,11,14-15,19,21H,6-7,10H2,1H3,(H,20,22)/t11-,14+,15-/m1/s1. The molecule has 4 rings (SSSR count). The topological polar surface area (TPSA) is 100 Å². The Balaban J connectivity index is 1.52. The fourth-order valence-electron chi connectivity index (χ4n) is 3.81. The number of amides is 1. The zero-order valence-electron chi connectivity index (χ0n) is 14.4. The van der Waals surface area contributed by atoms with Crippen molar-refractivity contribution in [2.75, 3.05) is 11.0 Å². The highest BCUT2D eigenvalue weighted by atomic mass is 32.2. The first kappa shape index (κ1) is 17.1. The van der Waals surface area contributed by atoms with E-state index in [1.165, 1.54) is 6.42 Å². The Morgan fingerprint density at radius 2 is 2.00 bits per heavy atom. The third-order valence-electron chi connectivity index (χ3n) is 4.93. The number of carbonyl (C=O) groups is 1. The SMILES string of the molecule is CS(=O)(=O)Nc1ccccc1-c1ccc(C(=O)N[C@@H]2C[C@H]3CC[C@@H]2N3)o1. The summed E-state index contributed by atoms with van der Waals surface area (Å²) in [5.41, 5.74) is 0.993. The minimum Gasteiger partial charge on any atom is -0.451 e. The molecule has 3 atom stereocenters. The molecule has 0 spiro atoms. The number of rotatable bonds is 5. The molecule has 2 bridgehead atoms. The molecule has 138 valence electrons. The van der Waals surface area contributed by atoms with Crippen LogP contribution in [0.3, 0.4) is 0 Å². The van der Waals surface area contributed by atoms with Gasteiger partial charge in [-0.3, -0.25) is 9.52 Å². The Labute approximate surface area is 152 Å². The number of hydrogen-bond donors (Lipinski definition) is 3. The summed E-state index contributed by atoms with van der Waals surface area (Å²) in [6.45, 7) is 0. The molecule has 1 aromatic heterocycles. The number of furan rings is 1. The van der Waals surface area contributed by atoms with E-state index in [2.05, 4.69) is 15.4 Å². The third-order valence-corrected chi connectivity index (χ3v) is 5.52. The molecule has 2 aromatic rings. The van der Waals surface area contributed by atoms with Crippen LogP contribution in [0.4, 0.5) is 5.69 Å². The highest BCUT2D eigenvalue weighted by Gasteiger charge is 2.40. The Hall–Kier alpha value is -2.32. The summed E-state index contributed by atoms with van der Waals surface area (Å²) < 4.78 is 31.3. The lowest BCUT2D eigenvalue weighted by Crippen LogP contribution is -2.42. The van der Waals surface area contributed by atoms with Crippen molar-refractivity contribution in [3.8, 4) is 11.3 Å². The molecule has 2 aliphatic heterocycles. The zero-order valence-corrected chi connectivity index (χ0v) is 15.2. The van der Waals surface area contributed by atoms with Gasteiger partial charge >= 0.3 is 0 Å². The summed E-state index contributed by atoms with van der Waals surface area (Å²) in [5.74, 6) is 0.411. The number of benzene rings is 1. The van der Waals surface area contributed by atoms with E-state index in [4.69, 9.17) is 4.42 Å². The molecule has 2 saturated heterocycles. The number of para-hydroxylation sites is 1. The Morgan fingerprint density at radius 3 is 2.69 bits per heavy atom. The summed E-state index contributed by atoms with van der Waals surface area (Å²) in [5, 5.41) is 6.52. The van der Waals surface area contributed by atoms with Crippen molar-refractivity contribution in [1.82, 2.24) is 10.6 Å². The molecule has 0 radical (unpaired) electrons. The van der Waals surface area contributed by atoms with Gasteiger partial charge in [0.25, 0.3) is 5.91 Å². The van der Waals surface area contributed by atoms with Gasteiger partial charge in [-0.15, -0.1) is 0 Å². The second kappa shape index (κ2) is 6.44. The molecular formula is C18H21N3O4S. The van der Waals surface area contributed by atoms with E-state index in [0.717, 1.165) is 19.1 Å². The van der Waals surface area contributed by atoms with Gasteiger partial charge in [0.2, 0.25) is 10.0 Å². The number of nitrogens with one attached hydrogen (secondary N) is 3. The average molecular weight is 375 g/mol. The first-order chi connectivity index (χ1) is 12.4. The molecule has 0 saturated carbocycles. The quantitative estimate of drug-likeness (QED) is 0.742. The van der Waals surface area contributed by atoms with E-state index in [-0.39, 0.29) is 17.7 Å². The van der Waals surface area contributed by atoms with E-state index in [1.54, 1.807) is 36.4 Å². The maximum Gasteiger partial charge on any atom is 0.287 e. The summed E-state index contributed by atoms with van der Waals surface area (Å²) in [4.78, 5) is 12.5. The van der Waals surface area contributed by atoms with Crippen molar-refractivity contribution in [1.29, 1.82) is 0 Å². The van der Waals surface area contributed by atoms with Crippen molar-refractivity contribution in [3.05, 3.63) is 42.2 Å². The molecule has 7 nitrogen and oxygen atoms in total. The first-order valence-corrected chi connectivity index (χ1v) is 10.5. The Morgan fingerprint density at radius 1 is 1.19 bits per heavy atom. The second-order valence-electron chi connectivity index (χ2n) is 6.95. The predicted molar refractivity (Wildman–Crippen MR) is 98.4 cm³/mol. The van der Waals surface area contributed by atoms with Crippen LogP contribution in [0.2, 0.25) is 0 Å². The number of hydrogen-bond acceptors (Lipinski definition) is 5. The summed E-state index contributed by atoms with van der Waals surface area (Å²) in [6.07, 6.45) is 4.30. The normalized spacial score (nSPS) is 24.6. The fraction of sp³-hybridized carbons (Fsp3) is 0.389. The van der Waals surface area contributed by atoms with E-state index in [0.29, 0.717) is 29.1 Å². The molecule has 2 aliphatic rings. The van der Waals surface area contributed by atoms with Crippen LogP contribution >= 0.6 is 0 Å². The van der Waals surface area contributed by atoms with Crippen molar-refractivity contribution in [3.63, 3.8) is 0 Å². The van der Waals surface area contributed by atoms with Crippen LogP contribution in [0, 0.1) is 0 Å². The largest absolute Gasteiger partial charge is 0.451 e. The molecule has 3 heterocycles. The molecule has 0 aliphatic carbocycles. The lowest BCUT2D eigenvalue weighted by Gasteiger charge is -2.20. The molecule has 2 fully saturated rings. The van der Waals surface area contributed by atoms with Gasteiger partial charge in [-0.05, 0) is 43.5 Å². The van der Waals surface area contributed by atoms with Crippen LogP contribution in [-0.4, -0.2) is 38.7 Å². The lowest BCUT2D eigenvalue weighted by molar-refractivity contribution is 0.0903. The van der Waals surface area contributed by atoms with E-state index in [9.17, 15) is 13.2 Å². The molecule has 8 heteroatoms. The Kier molecular flexibility index (Phi) is 4.24. The van der Waals surface area contributed by atoms with Crippen molar-refractivity contribution in [2.24, 2.45) is 0 Å². The molecule has 1 amide bonds. The molecule has 26 heavy (non-hydrogen) atoms. The molecule has 0 unspecified atom stereocenters. The Bertz CT molecular complexity index is 937. The van der Waals surface area contributed by atoms with Crippen LogP contribution in [0.5, 0.6) is 0 Å². The number of sulfonamides is 1. The van der Waals surface area contributed by atoms with Crippen LogP contribution in [0.1, 0.15) is 29.8 Å². The minimum atomic E-state index is -3.42. The number of carbonyl (C=O) groups excluding carboxylic acids is 1. The number of fused-ring (bicyclic) bond motifs is 2. The van der Waals surface area contributed by atoms with Gasteiger partial charge in [0.15, 0.2) is 5.76 Å². The highest BCUT2D eigenvalue weighted by Crippen LogP contribution is 2.31. The van der Waals surface area contributed by atoms with Gasteiger partial charge in [0, 0.05) is 23.7 Å². The van der Waals surface area contributed by atoms with Crippen molar-refractivity contribution < 1.29 is 17.6 Å². The zero-order chi connectivity index (χ0) is 18.3. The highest BCUT2D eigenvalue weighted by molar-refractivity contribution is 7.92. The first-order valence-electron chi connectivity index (χ1n) is 8.63. The van der Waals surface area contributed by atoms with Gasteiger partial charge in [0.1, 0.15) is 5.76 Å². The maximum absolute atomic E-state index is 12.5. The van der Waals surface area contributed by atoms with Gasteiger partial charge in [-0.25, -0.2) is 8.42 Å². The van der Waals surface area contributed by atoms with Gasteiger partial charge in [0.05, 0.1) is 11.9 Å². The molecule has 1 aromatic carbocycles. The smallest absolute Gasteiger partial charge is 0.287 e. The van der Waals surface area contributed by atoms with Gasteiger partial charge in [-0.1, -0.05) is 12.1 Å². The fourth-order valence-corrected chi connectivity index (χ4v) is 4.39. The van der Waals surface area contributed by atoms with Crippen LogP contribution in [0.15, 0.2) is 40.8 Å². The van der Waals surface area contributed by atoms with Gasteiger partial charge in [-0.2, -0.15) is 0 Å². The monoisotopic (exact) mass is 375 g/mol. The maximum atomic E-state index is 12.5. The van der Waals surface area contributed by atoms with E-state index in [1.807, 2.05) is 0 Å². The second-order valence-corrected chi connectivity index (χ2v) is 8.70. The van der Waals surface area contributed by atoms with Crippen LogP contribution < -0.4 is 15.4 Å². The summed E-state index contributed by atoms with van der Waals surface area (Å²) >= 11 is 0. The summed E-state index contributed by atoms with van der Waals surface area (Å²) in [7, 11) is -3.42. The molecular weight excluding hydrogens is 354 g/mol. The summed E-state index contributed by atoms with van der Waals surface area (Å²) in [6, 6.07) is 11.2. The van der Waals surface area contributed by atoms with Crippen molar-refractivity contribution >= 4 is 21.6 Å². The van der Waals surface area contributed by atoms with Crippen LogP contribution in [-0.2, 0) is 10.0 Å². The predicted octanol–water partition coefficient (Wildman–Crippen LogP) is 1.94. The van der Waals surface area contributed by atoms with E-state index >= 15 is 0 Å². The lowest BCUT2D eigenvalue weighted by atomic mass is 9.95. The van der Waals surface area contributed by atoms with Crippen LogP contribution in [0.25, 0.3) is 11.3 Å². The average Bonchev–Trinajstić information content (AvgIpc) is 3.30. The number of anilines is 1. The molecule has 3 N–H and O–H groups in total. The van der Waals surface area contributed by atoms with Crippen molar-refractivity contribution in [2.45, 2.75) is 37.4 Å². The third kappa shape index (κ3) is 3.47.